The first-order valence-corrected chi connectivity index (χ1v) is 8.44. The molecule has 0 aliphatic heterocycles. The number of hydrogen-bond acceptors (Lipinski definition) is 2. The van der Waals surface area contributed by atoms with Gasteiger partial charge in [0.05, 0.1) is 0 Å². The van der Waals surface area contributed by atoms with Gasteiger partial charge in [0.25, 0.3) is 0 Å². The summed E-state index contributed by atoms with van der Waals surface area (Å²) in [7, 11) is -3.19. The molecule has 0 N–H and O–H groups in total. The van der Waals surface area contributed by atoms with Gasteiger partial charge in [0, 0.05) is 17.6 Å². The van der Waals surface area contributed by atoms with Crippen LogP contribution < -0.4 is 0 Å². The van der Waals surface area contributed by atoms with Crippen molar-refractivity contribution in [2.75, 3.05) is 4.66 Å². The maximum atomic E-state index is 11.9. The summed E-state index contributed by atoms with van der Waals surface area (Å²) in [4.78, 5) is 0. The van der Waals surface area contributed by atoms with Crippen molar-refractivity contribution in [3.05, 3.63) is 34.9 Å². The Labute approximate surface area is 115 Å². The number of alkyl halides is 1. The molecule has 6 heteroatoms. The van der Waals surface area contributed by atoms with Gasteiger partial charge < -0.3 is 0 Å². The Morgan fingerprint density at radius 2 is 1.88 bits per heavy atom. The van der Waals surface area contributed by atoms with Crippen LogP contribution in [0.3, 0.4) is 0 Å². The van der Waals surface area contributed by atoms with E-state index in [1.165, 1.54) is 0 Å². The Morgan fingerprint density at radius 3 is 2.35 bits per heavy atom. The lowest BCUT2D eigenvalue weighted by atomic mass is 10.2. The molecule has 94 valence electrons. The van der Waals surface area contributed by atoms with Crippen LogP contribution in [-0.2, 0) is 16.6 Å². The van der Waals surface area contributed by atoms with Crippen LogP contribution in [0, 0.1) is 0 Å². The van der Waals surface area contributed by atoms with Crippen LogP contribution >= 0.6 is 27.5 Å². The van der Waals surface area contributed by atoms with Crippen LogP contribution in [-0.4, -0.2) is 23.4 Å². The largest absolute Gasteiger partial charge is 0.224 e. The summed E-state index contributed by atoms with van der Waals surface area (Å²) in [5.41, 5.74) is 0.964. The summed E-state index contributed by atoms with van der Waals surface area (Å²) in [5, 5.41) is 0.662. The fourth-order valence-corrected chi connectivity index (χ4v) is 3.70. The Hall–Kier alpha value is -0.100. The van der Waals surface area contributed by atoms with Crippen LogP contribution in [0.25, 0.3) is 0 Å². The highest BCUT2D eigenvalue weighted by Gasteiger charge is 2.36. The first-order valence-electron chi connectivity index (χ1n) is 5.33. The minimum atomic E-state index is -3.19. The molecule has 1 fully saturated rings. The molecule has 0 saturated heterocycles. The lowest BCUT2D eigenvalue weighted by molar-refractivity contribution is 0.402. The highest BCUT2D eigenvalue weighted by molar-refractivity contribution is 9.10. The maximum Gasteiger partial charge on any atom is 0.224 e. The lowest BCUT2D eigenvalue weighted by Crippen LogP contribution is -2.33. The van der Waals surface area contributed by atoms with E-state index in [0.717, 1.165) is 18.4 Å². The predicted octanol–water partition coefficient (Wildman–Crippen LogP) is 2.99. The zero-order valence-corrected chi connectivity index (χ0v) is 12.3. The molecule has 2 rings (SSSR count). The van der Waals surface area contributed by atoms with Crippen molar-refractivity contribution in [1.29, 1.82) is 0 Å². The molecule has 1 aliphatic carbocycles. The first-order chi connectivity index (χ1) is 8.03. The van der Waals surface area contributed by atoms with E-state index in [4.69, 9.17) is 11.6 Å². The molecule has 0 spiro atoms. The Morgan fingerprint density at radius 1 is 1.29 bits per heavy atom. The smallest absolute Gasteiger partial charge is 0.211 e. The Kier molecular flexibility index (Phi) is 4.13. The third-order valence-corrected chi connectivity index (χ3v) is 6.11. The summed E-state index contributed by atoms with van der Waals surface area (Å²) >= 11 is 8.84. The van der Waals surface area contributed by atoms with Gasteiger partial charge in [0.15, 0.2) is 0 Å². The van der Waals surface area contributed by atoms with E-state index in [-0.39, 0.29) is 10.7 Å². The monoisotopic (exact) mass is 337 g/mol. The van der Waals surface area contributed by atoms with Gasteiger partial charge in [-0.1, -0.05) is 39.7 Å². The fraction of sp³-hybridized carbons (Fsp3) is 0.455. The van der Waals surface area contributed by atoms with E-state index in [0.29, 0.717) is 11.6 Å². The van der Waals surface area contributed by atoms with Gasteiger partial charge in [0.1, 0.15) is 4.66 Å². The Bertz CT molecular complexity index is 485. The molecule has 0 amide bonds. The summed E-state index contributed by atoms with van der Waals surface area (Å²) in [6, 6.07) is 7.46. The third kappa shape index (κ3) is 3.44. The molecular formula is C11H13BrClNO2S. The van der Waals surface area contributed by atoms with Crippen LogP contribution in [0.2, 0.25) is 5.02 Å². The van der Waals surface area contributed by atoms with Crippen LogP contribution in [0.4, 0.5) is 0 Å². The van der Waals surface area contributed by atoms with Crippen molar-refractivity contribution in [2.45, 2.75) is 25.4 Å². The minimum Gasteiger partial charge on any atom is -0.211 e. The van der Waals surface area contributed by atoms with Gasteiger partial charge in [-0.3, -0.25) is 0 Å². The van der Waals surface area contributed by atoms with E-state index < -0.39 is 10.0 Å². The second kappa shape index (κ2) is 5.26. The van der Waals surface area contributed by atoms with Gasteiger partial charge in [-0.25, -0.2) is 8.42 Å². The maximum absolute atomic E-state index is 11.9. The molecule has 0 heterocycles. The van der Waals surface area contributed by atoms with Gasteiger partial charge >= 0.3 is 0 Å². The number of hydrogen-bond donors (Lipinski definition) is 0. The van der Waals surface area contributed by atoms with Gasteiger partial charge in [-0.2, -0.15) is 4.31 Å². The number of rotatable bonds is 5. The normalized spacial score (nSPS) is 16.4. The van der Waals surface area contributed by atoms with Crippen molar-refractivity contribution in [2.24, 2.45) is 0 Å². The zero-order chi connectivity index (χ0) is 12.5. The average Bonchev–Trinajstić information content (AvgIpc) is 3.12. The average molecular weight is 339 g/mol. The first kappa shape index (κ1) is 13.3. The highest BCUT2D eigenvalue weighted by atomic mass is 79.9. The number of halogens is 2. The van der Waals surface area contributed by atoms with Crippen molar-refractivity contribution >= 4 is 37.6 Å². The zero-order valence-electron chi connectivity index (χ0n) is 9.14. The molecule has 0 radical (unpaired) electrons. The molecule has 1 saturated carbocycles. The van der Waals surface area contributed by atoms with E-state index >= 15 is 0 Å². The summed E-state index contributed by atoms with van der Waals surface area (Å²) in [6.07, 6.45) is 1.92. The summed E-state index contributed by atoms with van der Waals surface area (Å²) in [5.74, 6) is 0. The molecule has 0 aromatic heterocycles. The number of benzene rings is 1. The molecule has 1 aliphatic rings. The molecule has 17 heavy (non-hydrogen) atoms. The lowest BCUT2D eigenvalue weighted by Gasteiger charge is -2.20. The fourth-order valence-electron chi connectivity index (χ4n) is 1.65. The van der Waals surface area contributed by atoms with Crippen molar-refractivity contribution in [3.63, 3.8) is 0 Å². The number of sulfonamides is 1. The third-order valence-electron chi connectivity index (χ3n) is 2.70. The van der Waals surface area contributed by atoms with Gasteiger partial charge in [-0.15, -0.1) is 0 Å². The second-order valence-corrected chi connectivity index (χ2v) is 7.78. The molecule has 0 unspecified atom stereocenters. The van der Waals surface area contributed by atoms with Crippen LogP contribution in [0.5, 0.6) is 0 Å². The van der Waals surface area contributed by atoms with E-state index in [2.05, 4.69) is 15.9 Å². The van der Waals surface area contributed by atoms with E-state index in [1.807, 2.05) is 12.1 Å². The summed E-state index contributed by atoms with van der Waals surface area (Å²) < 4.78 is 25.4. The second-order valence-electron chi connectivity index (χ2n) is 4.12. The molecule has 1 aromatic rings. The Balaban J connectivity index is 2.16. The van der Waals surface area contributed by atoms with E-state index in [9.17, 15) is 8.42 Å². The van der Waals surface area contributed by atoms with E-state index in [1.54, 1.807) is 16.4 Å². The van der Waals surface area contributed by atoms with Crippen molar-refractivity contribution in [1.82, 2.24) is 4.31 Å². The standard InChI is InChI=1S/C11H13BrClNO2S/c12-8-17(15,16)14(11-5-6-11)7-9-1-3-10(13)4-2-9/h1-4,11H,5-8H2. The van der Waals surface area contributed by atoms with Crippen molar-refractivity contribution < 1.29 is 8.42 Å². The summed E-state index contributed by atoms with van der Waals surface area (Å²) in [6.45, 7) is 0.426. The van der Waals surface area contributed by atoms with Crippen LogP contribution in [0.15, 0.2) is 24.3 Å². The minimum absolute atomic E-state index is 0.0237. The highest BCUT2D eigenvalue weighted by Crippen LogP contribution is 2.31. The van der Waals surface area contributed by atoms with Crippen molar-refractivity contribution in [3.8, 4) is 0 Å². The van der Waals surface area contributed by atoms with Gasteiger partial charge in [0.2, 0.25) is 10.0 Å². The number of nitrogens with zero attached hydrogens (tertiary/aromatic N) is 1. The quantitative estimate of drug-likeness (QED) is 0.774. The molecular weight excluding hydrogens is 326 g/mol. The molecule has 1 aromatic carbocycles. The SMILES string of the molecule is O=S(=O)(CBr)N(Cc1ccc(Cl)cc1)C1CC1. The predicted molar refractivity (Wildman–Crippen MR) is 72.7 cm³/mol. The topological polar surface area (TPSA) is 37.4 Å². The molecule has 3 nitrogen and oxygen atoms in total. The van der Waals surface area contributed by atoms with Crippen LogP contribution in [0.1, 0.15) is 18.4 Å². The molecule has 0 atom stereocenters. The van der Waals surface area contributed by atoms with Gasteiger partial charge in [-0.05, 0) is 30.5 Å². The molecule has 0 bridgehead atoms.